The van der Waals surface area contributed by atoms with Crippen molar-refractivity contribution in [2.45, 2.75) is 38.3 Å². The van der Waals surface area contributed by atoms with Gasteiger partial charge in [-0.2, -0.15) is 0 Å². The van der Waals surface area contributed by atoms with E-state index in [-0.39, 0.29) is 23.8 Å². The number of H-pyrrole nitrogens is 1. The van der Waals surface area contributed by atoms with Crippen molar-refractivity contribution in [1.29, 1.82) is 0 Å². The first-order valence-corrected chi connectivity index (χ1v) is 11.4. The highest BCUT2D eigenvalue weighted by molar-refractivity contribution is 9.11. The van der Waals surface area contributed by atoms with Crippen molar-refractivity contribution < 1.29 is 19.1 Å². The molecule has 1 aromatic carbocycles. The van der Waals surface area contributed by atoms with E-state index in [4.69, 9.17) is 4.74 Å². The number of nitrogens with one attached hydrogen (secondary N) is 4. The van der Waals surface area contributed by atoms with Crippen LogP contribution in [0.15, 0.2) is 28.1 Å². The highest BCUT2D eigenvalue weighted by atomic mass is 79.9. The van der Waals surface area contributed by atoms with Gasteiger partial charge in [0.2, 0.25) is 0 Å². The maximum Gasteiger partial charge on any atom is 0.268 e. The van der Waals surface area contributed by atoms with Crippen LogP contribution < -0.4 is 20.7 Å². The summed E-state index contributed by atoms with van der Waals surface area (Å²) in [5.41, 5.74) is 0.419. The van der Waals surface area contributed by atoms with Crippen molar-refractivity contribution in [3.05, 3.63) is 38.5 Å². The minimum absolute atomic E-state index is 0.154. The predicted octanol–water partition coefficient (Wildman–Crippen LogP) is 4.25. The molecule has 2 aromatic heterocycles. The van der Waals surface area contributed by atoms with Gasteiger partial charge in [-0.1, -0.05) is 0 Å². The van der Waals surface area contributed by atoms with E-state index in [1.807, 2.05) is 0 Å². The number of aromatic amines is 1. The zero-order valence-electron chi connectivity index (χ0n) is 16.7. The molecule has 0 bridgehead atoms. The number of ether oxygens (including phenoxy) is 1. The van der Waals surface area contributed by atoms with Crippen molar-refractivity contribution in [1.82, 2.24) is 10.3 Å². The van der Waals surface area contributed by atoms with E-state index in [2.05, 4.69) is 36.9 Å². The van der Waals surface area contributed by atoms with Crippen LogP contribution in [0.1, 0.15) is 46.7 Å². The van der Waals surface area contributed by atoms with Gasteiger partial charge in [-0.05, 0) is 66.9 Å². The molecule has 1 aliphatic heterocycles. The molecule has 0 spiro atoms. The second-order valence-electron chi connectivity index (χ2n) is 8.14. The third-order valence-electron chi connectivity index (χ3n) is 5.23. The number of anilines is 2. The zero-order valence-corrected chi connectivity index (χ0v) is 19.1. The van der Waals surface area contributed by atoms with Crippen molar-refractivity contribution in [2.24, 2.45) is 0 Å². The third-order valence-corrected chi connectivity index (χ3v) is 6.86. The van der Waals surface area contributed by atoms with Crippen LogP contribution in [0.3, 0.4) is 0 Å². The Bertz CT molecular complexity index is 1260. The largest absolute Gasteiger partial charge is 0.476 e. The monoisotopic (exact) mass is 502 g/mol. The summed E-state index contributed by atoms with van der Waals surface area (Å²) in [5.74, 6) is -0.0738. The molecule has 3 amide bonds. The van der Waals surface area contributed by atoms with Gasteiger partial charge in [0.1, 0.15) is 11.6 Å². The van der Waals surface area contributed by atoms with E-state index >= 15 is 0 Å². The van der Waals surface area contributed by atoms with Crippen LogP contribution in [0.4, 0.5) is 11.5 Å². The van der Waals surface area contributed by atoms with Gasteiger partial charge in [0, 0.05) is 11.4 Å². The van der Waals surface area contributed by atoms with Crippen LogP contribution in [-0.4, -0.2) is 34.3 Å². The lowest BCUT2D eigenvalue weighted by molar-refractivity contribution is -0.129. The second-order valence-corrected chi connectivity index (χ2v) is 10.6. The first-order valence-electron chi connectivity index (χ1n) is 9.79. The van der Waals surface area contributed by atoms with Gasteiger partial charge in [-0.15, -0.1) is 11.3 Å². The SMILES string of the molecule is CC1(C)Oc2cc3c(C(=O)NC4CC4)c(NC(=O)c4ccc(Br)s4)[nH]c3cc2NC1=O. The molecule has 3 heterocycles. The van der Waals surface area contributed by atoms with Gasteiger partial charge in [0.25, 0.3) is 17.7 Å². The summed E-state index contributed by atoms with van der Waals surface area (Å²) in [7, 11) is 0. The Kier molecular flexibility index (Phi) is 4.60. The summed E-state index contributed by atoms with van der Waals surface area (Å²) in [4.78, 5) is 41.7. The molecule has 10 heteroatoms. The lowest BCUT2D eigenvalue weighted by atomic mass is 10.0. The van der Waals surface area contributed by atoms with E-state index in [0.717, 1.165) is 16.6 Å². The minimum atomic E-state index is -1.03. The fourth-order valence-electron chi connectivity index (χ4n) is 3.42. The molecule has 1 aliphatic carbocycles. The molecule has 1 fully saturated rings. The summed E-state index contributed by atoms with van der Waals surface area (Å²) in [5, 5.41) is 9.25. The lowest BCUT2D eigenvalue weighted by Crippen LogP contribution is -2.45. The lowest BCUT2D eigenvalue weighted by Gasteiger charge is -2.31. The number of carbonyl (C=O) groups excluding carboxylic acids is 3. The Morgan fingerprint density at radius 3 is 2.68 bits per heavy atom. The maximum atomic E-state index is 13.1. The number of hydrogen-bond donors (Lipinski definition) is 4. The average Bonchev–Trinajstić information content (AvgIpc) is 3.28. The first-order chi connectivity index (χ1) is 14.7. The molecule has 160 valence electrons. The normalized spacial score (nSPS) is 16.9. The molecule has 2 aliphatic rings. The number of rotatable bonds is 4. The van der Waals surface area contributed by atoms with E-state index in [9.17, 15) is 14.4 Å². The van der Waals surface area contributed by atoms with Crippen LogP contribution in [0, 0.1) is 0 Å². The molecule has 0 radical (unpaired) electrons. The van der Waals surface area contributed by atoms with Gasteiger partial charge in [-0.3, -0.25) is 14.4 Å². The Labute approximate surface area is 189 Å². The van der Waals surface area contributed by atoms with Crippen molar-refractivity contribution in [3.63, 3.8) is 0 Å². The standard InChI is InChI=1S/C21H19BrN4O4S/c1-21(2)20(29)25-12-8-11-10(7-13(12)30-21)16(19(28)23-9-3-4-9)17(24-11)26-18(27)14-5-6-15(22)31-14/h5-9,24H,3-4H2,1-2H3,(H,23,28)(H,25,29)(H,26,27). The molecule has 31 heavy (non-hydrogen) atoms. The van der Waals surface area contributed by atoms with Crippen LogP contribution in [-0.2, 0) is 4.79 Å². The van der Waals surface area contributed by atoms with Gasteiger partial charge in [0.15, 0.2) is 5.60 Å². The Morgan fingerprint density at radius 2 is 2.00 bits per heavy atom. The number of aromatic nitrogens is 1. The fraction of sp³-hybridized carbons (Fsp3) is 0.286. The number of fused-ring (bicyclic) bond motifs is 2. The molecule has 4 N–H and O–H groups in total. The highest BCUT2D eigenvalue weighted by Gasteiger charge is 2.36. The molecule has 3 aromatic rings. The fourth-order valence-corrected chi connectivity index (χ4v) is 4.71. The Morgan fingerprint density at radius 1 is 1.23 bits per heavy atom. The average molecular weight is 503 g/mol. The van der Waals surface area contributed by atoms with Gasteiger partial charge >= 0.3 is 0 Å². The predicted molar refractivity (Wildman–Crippen MR) is 122 cm³/mol. The summed E-state index contributed by atoms with van der Waals surface area (Å²) in [6.07, 6.45) is 1.88. The van der Waals surface area contributed by atoms with E-state index in [1.54, 1.807) is 38.1 Å². The first kappa shape index (κ1) is 20.1. The van der Waals surface area contributed by atoms with Crippen molar-refractivity contribution in [2.75, 3.05) is 10.6 Å². The number of carbonyl (C=O) groups is 3. The number of benzene rings is 1. The molecule has 1 saturated carbocycles. The van der Waals surface area contributed by atoms with Crippen molar-refractivity contribution >= 4 is 67.4 Å². The third kappa shape index (κ3) is 3.70. The molecule has 0 saturated heterocycles. The Balaban J connectivity index is 1.59. The quantitative estimate of drug-likeness (QED) is 0.427. The van der Waals surface area contributed by atoms with E-state index in [0.29, 0.717) is 38.6 Å². The van der Waals surface area contributed by atoms with Crippen LogP contribution in [0.2, 0.25) is 0 Å². The molecular formula is C21H19BrN4O4S. The molecule has 0 atom stereocenters. The number of amides is 3. The van der Waals surface area contributed by atoms with Gasteiger partial charge in [0.05, 0.1) is 25.4 Å². The summed E-state index contributed by atoms with van der Waals surface area (Å²) < 4.78 is 6.72. The minimum Gasteiger partial charge on any atom is -0.476 e. The molecule has 8 nitrogen and oxygen atoms in total. The number of halogens is 1. The molecular weight excluding hydrogens is 484 g/mol. The van der Waals surface area contributed by atoms with Crippen LogP contribution in [0.25, 0.3) is 10.9 Å². The Hall–Kier alpha value is -2.85. The van der Waals surface area contributed by atoms with Crippen LogP contribution >= 0.6 is 27.3 Å². The number of hydrogen-bond acceptors (Lipinski definition) is 5. The van der Waals surface area contributed by atoms with Crippen molar-refractivity contribution in [3.8, 4) is 5.75 Å². The van der Waals surface area contributed by atoms with E-state index in [1.165, 1.54) is 11.3 Å². The van der Waals surface area contributed by atoms with Crippen LogP contribution in [0.5, 0.6) is 5.75 Å². The summed E-state index contributed by atoms with van der Waals surface area (Å²) in [6, 6.07) is 7.09. The maximum absolute atomic E-state index is 13.1. The van der Waals surface area contributed by atoms with Gasteiger partial charge in [-0.25, -0.2) is 0 Å². The topological polar surface area (TPSA) is 112 Å². The zero-order chi connectivity index (χ0) is 21.9. The summed E-state index contributed by atoms with van der Waals surface area (Å²) in [6.45, 7) is 3.36. The second kappa shape index (κ2) is 7.10. The van der Waals surface area contributed by atoms with E-state index < -0.39 is 5.60 Å². The molecule has 5 rings (SSSR count). The number of thiophene rings is 1. The molecule has 0 unspecified atom stereocenters. The highest BCUT2D eigenvalue weighted by Crippen LogP contribution is 2.40. The summed E-state index contributed by atoms with van der Waals surface area (Å²) >= 11 is 4.66. The van der Waals surface area contributed by atoms with Gasteiger partial charge < -0.3 is 25.7 Å². The smallest absolute Gasteiger partial charge is 0.268 e.